The summed E-state index contributed by atoms with van der Waals surface area (Å²) in [6.45, 7) is 5.36. The molecule has 2 N–H and O–H groups in total. The molecule has 3 heterocycles. The minimum atomic E-state index is 0.769. The van der Waals surface area contributed by atoms with Crippen molar-refractivity contribution in [3.05, 3.63) is 5.82 Å². The van der Waals surface area contributed by atoms with E-state index in [1.54, 1.807) is 0 Å². The van der Waals surface area contributed by atoms with E-state index in [0.717, 1.165) is 36.8 Å². The van der Waals surface area contributed by atoms with Crippen LogP contribution in [0.4, 0.5) is 5.95 Å². The molecule has 0 radical (unpaired) electrons. The Morgan fingerprint density at radius 2 is 2.06 bits per heavy atom. The summed E-state index contributed by atoms with van der Waals surface area (Å²) in [7, 11) is 0. The summed E-state index contributed by atoms with van der Waals surface area (Å²) >= 11 is 0. The van der Waals surface area contributed by atoms with E-state index < -0.39 is 0 Å². The number of nitrogens with zero attached hydrogens (tertiary/aromatic N) is 3. The maximum absolute atomic E-state index is 4.40. The smallest absolute Gasteiger partial charge is 0.244 e. The van der Waals surface area contributed by atoms with Gasteiger partial charge in [0.05, 0.1) is 0 Å². The van der Waals surface area contributed by atoms with E-state index in [2.05, 4.69) is 25.4 Å². The van der Waals surface area contributed by atoms with Crippen LogP contribution < -0.4 is 10.2 Å². The molecule has 1 atom stereocenters. The fraction of sp³-hybridized carbons (Fsp3) is 0.833. The van der Waals surface area contributed by atoms with E-state index in [1.165, 1.54) is 32.2 Å². The molecule has 0 aliphatic carbocycles. The summed E-state index contributed by atoms with van der Waals surface area (Å²) in [4.78, 5) is 6.70. The van der Waals surface area contributed by atoms with Crippen LogP contribution in [0, 0.1) is 12.8 Å². The molecule has 1 unspecified atom stereocenters. The van der Waals surface area contributed by atoms with Gasteiger partial charge >= 0.3 is 0 Å². The van der Waals surface area contributed by atoms with Crippen LogP contribution in [0.15, 0.2) is 0 Å². The van der Waals surface area contributed by atoms with E-state index in [1.807, 2.05) is 6.92 Å². The molecular formula is C12H21N5. The van der Waals surface area contributed by atoms with Gasteiger partial charge in [-0.05, 0) is 45.1 Å². The van der Waals surface area contributed by atoms with Crippen molar-refractivity contribution >= 4 is 5.95 Å². The SMILES string of the molecule is Cc1nc(N2CCC(C3CCCN3)CC2)n[nH]1. The van der Waals surface area contributed by atoms with Crippen LogP contribution in [0.2, 0.25) is 0 Å². The van der Waals surface area contributed by atoms with Gasteiger partial charge in [0.15, 0.2) is 0 Å². The topological polar surface area (TPSA) is 56.8 Å². The number of aromatic amines is 1. The number of H-pyrrole nitrogens is 1. The van der Waals surface area contributed by atoms with Gasteiger partial charge in [-0.1, -0.05) is 0 Å². The largest absolute Gasteiger partial charge is 0.340 e. The molecule has 5 heteroatoms. The van der Waals surface area contributed by atoms with Gasteiger partial charge in [0.1, 0.15) is 5.82 Å². The zero-order valence-electron chi connectivity index (χ0n) is 10.4. The van der Waals surface area contributed by atoms with Crippen LogP contribution in [-0.2, 0) is 0 Å². The second kappa shape index (κ2) is 4.64. The molecule has 2 aliphatic rings. The first-order valence-corrected chi connectivity index (χ1v) is 6.70. The first-order chi connectivity index (χ1) is 8.33. The van der Waals surface area contributed by atoms with Gasteiger partial charge in [-0.3, -0.25) is 5.10 Å². The highest BCUT2D eigenvalue weighted by atomic mass is 15.4. The number of rotatable bonds is 2. The first kappa shape index (κ1) is 11.0. The number of piperidine rings is 1. The Labute approximate surface area is 102 Å². The molecule has 5 nitrogen and oxygen atoms in total. The van der Waals surface area contributed by atoms with Crippen molar-refractivity contribution < 1.29 is 0 Å². The third-order valence-electron chi connectivity index (χ3n) is 4.08. The van der Waals surface area contributed by atoms with Crippen LogP contribution in [-0.4, -0.2) is 40.9 Å². The van der Waals surface area contributed by atoms with E-state index in [4.69, 9.17) is 0 Å². The minimum Gasteiger partial charge on any atom is -0.340 e. The standard InChI is InChI=1S/C12H21N5/c1-9-14-12(16-15-9)17-7-4-10(5-8-17)11-3-2-6-13-11/h10-11,13H,2-8H2,1H3,(H,14,15,16). The molecule has 1 aromatic heterocycles. The molecular weight excluding hydrogens is 214 g/mol. The molecule has 0 aromatic carbocycles. The van der Waals surface area contributed by atoms with Gasteiger partial charge in [0.2, 0.25) is 5.95 Å². The van der Waals surface area contributed by atoms with E-state index in [0.29, 0.717) is 0 Å². The lowest BCUT2D eigenvalue weighted by molar-refractivity contribution is 0.317. The maximum atomic E-state index is 4.40. The van der Waals surface area contributed by atoms with Gasteiger partial charge in [0, 0.05) is 19.1 Å². The molecule has 2 aliphatic heterocycles. The van der Waals surface area contributed by atoms with Crippen LogP contribution in [0.25, 0.3) is 0 Å². The summed E-state index contributed by atoms with van der Waals surface area (Å²) in [5.74, 6) is 2.63. The number of nitrogens with one attached hydrogen (secondary N) is 2. The number of aromatic nitrogens is 3. The Hall–Kier alpha value is -1.10. The van der Waals surface area contributed by atoms with Gasteiger partial charge in [-0.15, -0.1) is 5.10 Å². The summed E-state index contributed by atoms with van der Waals surface area (Å²) in [6.07, 6.45) is 5.26. The predicted molar refractivity (Wildman–Crippen MR) is 67.1 cm³/mol. The lowest BCUT2D eigenvalue weighted by Gasteiger charge is -2.34. The molecule has 2 fully saturated rings. The average molecular weight is 235 g/mol. The quantitative estimate of drug-likeness (QED) is 0.805. The van der Waals surface area contributed by atoms with Crippen molar-refractivity contribution in [1.82, 2.24) is 20.5 Å². The summed E-state index contributed by atoms with van der Waals surface area (Å²) in [6, 6.07) is 0.769. The third-order valence-corrected chi connectivity index (χ3v) is 4.08. The average Bonchev–Trinajstić information content (AvgIpc) is 3.00. The van der Waals surface area contributed by atoms with Crippen molar-refractivity contribution in [2.24, 2.45) is 5.92 Å². The fourth-order valence-electron chi connectivity index (χ4n) is 3.09. The molecule has 0 spiro atoms. The highest BCUT2D eigenvalue weighted by Gasteiger charge is 2.29. The Morgan fingerprint density at radius 3 is 2.65 bits per heavy atom. The van der Waals surface area contributed by atoms with Crippen molar-refractivity contribution in [1.29, 1.82) is 0 Å². The second-order valence-electron chi connectivity index (χ2n) is 5.25. The van der Waals surface area contributed by atoms with Gasteiger partial charge in [0.25, 0.3) is 0 Å². The predicted octanol–water partition coefficient (Wildman–Crippen LogP) is 1.08. The Bertz CT molecular complexity index is 361. The van der Waals surface area contributed by atoms with Crippen LogP contribution >= 0.6 is 0 Å². The summed E-state index contributed by atoms with van der Waals surface area (Å²) < 4.78 is 0. The fourth-order valence-corrected chi connectivity index (χ4v) is 3.09. The molecule has 94 valence electrons. The van der Waals surface area contributed by atoms with Gasteiger partial charge < -0.3 is 10.2 Å². The lowest BCUT2D eigenvalue weighted by atomic mass is 9.89. The molecule has 1 aromatic rings. The molecule has 17 heavy (non-hydrogen) atoms. The molecule has 0 saturated carbocycles. The Morgan fingerprint density at radius 1 is 1.24 bits per heavy atom. The lowest BCUT2D eigenvalue weighted by Crippen LogP contribution is -2.41. The van der Waals surface area contributed by atoms with Crippen LogP contribution in [0.3, 0.4) is 0 Å². The van der Waals surface area contributed by atoms with E-state index >= 15 is 0 Å². The number of aryl methyl sites for hydroxylation is 1. The third kappa shape index (κ3) is 2.29. The monoisotopic (exact) mass is 235 g/mol. The highest BCUT2D eigenvalue weighted by Crippen LogP contribution is 2.26. The number of anilines is 1. The molecule has 3 rings (SSSR count). The maximum Gasteiger partial charge on any atom is 0.244 e. The zero-order valence-corrected chi connectivity index (χ0v) is 10.4. The van der Waals surface area contributed by atoms with Crippen LogP contribution in [0.1, 0.15) is 31.5 Å². The molecule has 2 saturated heterocycles. The normalized spacial score (nSPS) is 26.6. The van der Waals surface area contributed by atoms with Crippen LogP contribution in [0.5, 0.6) is 0 Å². The second-order valence-corrected chi connectivity index (χ2v) is 5.25. The summed E-state index contributed by atoms with van der Waals surface area (Å²) in [5.41, 5.74) is 0. The Kier molecular flexibility index (Phi) is 3.01. The van der Waals surface area contributed by atoms with E-state index in [-0.39, 0.29) is 0 Å². The molecule has 0 bridgehead atoms. The van der Waals surface area contributed by atoms with Gasteiger partial charge in [-0.2, -0.15) is 4.98 Å². The van der Waals surface area contributed by atoms with Crippen molar-refractivity contribution in [3.63, 3.8) is 0 Å². The van der Waals surface area contributed by atoms with Crippen molar-refractivity contribution in [3.8, 4) is 0 Å². The minimum absolute atomic E-state index is 0.769. The Balaban J connectivity index is 1.56. The number of hydrogen-bond donors (Lipinski definition) is 2. The van der Waals surface area contributed by atoms with Gasteiger partial charge in [-0.25, -0.2) is 0 Å². The highest BCUT2D eigenvalue weighted by molar-refractivity contribution is 5.29. The first-order valence-electron chi connectivity index (χ1n) is 6.70. The number of hydrogen-bond acceptors (Lipinski definition) is 4. The zero-order chi connectivity index (χ0) is 11.7. The van der Waals surface area contributed by atoms with E-state index in [9.17, 15) is 0 Å². The van der Waals surface area contributed by atoms with Crippen molar-refractivity contribution in [2.75, 3.05) is 24.5 Å². The summed E-state index contributed by atoms with van der Waals surface area (Å²) in [5, 5.41) is 10.8. The van der Waals surface area contributed by atoms with Crippen molar-refractivity contribution in [2.45, 2.75) is 38.6 Å². The molecule has 0 amide bonds.